The Kier molecular flexibility index (Phi) is 6.32. The second-order valence-electron chi connectivity index (χ2n) is 9.46. The van der Waals surface area contributed by atoms with Crippen molar-refractivity contribution in [1.82, 2.24) is 5.32 Å². The van der Waals surface area contributed by atoms with Crippen molar-refractivity contribution in [2.75, 3.05) is 20.3 Å². The molecule has 1 unspecified atom stereocenters. The summed E-state index contributed by atoms with van der Waals surface area (Å²) in [5.74, 6) is 1.49. The molecule has 0 saturated heterocycles. The number of ether oxygens (including phenoxy) is 1. The van der Waals surface area contributed by atoms with Gasteiger partial charge in [-0.25, -0.2) is 0 Å². The van der Waals surface area contributed by atoms with Gasteiger partial charge in [0, 0.05) is 25.8 Å². The normalized spacial score (nSPS) is 29.4. The summed E-state index contributed by atoms with van der Waals surface area (Å²) in [5.41, 5.74) is 1.06. The molecule has 1 atom stereocenters. The van der Waals surface area contributed by atoms with Crippen molar-refractivity contribution < 1.29 is 4.74 Å². The van der Waals surface area contributed by atoms with Crippen LogP contribution < -0.4 is 5.32 Å². The number of hydrogen-bond acceptors (Lipinski definition) is 2. The first-order valence-corrected chi connectivity index (χ1v) is 8.74. The van der Waals surface area contributed by atoms with E-state index in [9.17, 15) is 0 Å². The molecule has 2 nitrogen and oxygen atoms in total. The van der Waals surface area contributed by atoms with Crippen molar-refractivity contribution in [1.29, 1.82) is 0 Å². The molecule has 2 heteroatoms. The summed E-state index contributed by atoms with van der Waals surface area (Å²) >= 11 is 0. The van der Waals surface area contributed by atoms with E-state index < -0.39 is 0 Å². The number of nitrogens with one attached hydrogen (secondary N) is 1. The average molecular weight is 298 g/mol. The topological polar surface area (TPSA) is 21.3 Å². The summed E-state index contributed by atoms with van der Waals surface area (Å²) in [7, 11) is 1.84. The Labute approximate surface area is 133 Å². The maximum absolute atomic E-state index is 5.48. The molecule has 0 radical (unpaired) electrons. The summed E-state index contributed by atoms with van der Waals surface area (Å²) in [5, 5.41) is 3.77. The zero-order valence-corrected chi connectivity index (χ0v) is 15.8. The van der Waals surface area contributed by atoms with E-state index in [1.807, 2.05) is 7.11 Å². The lowest BCUT2D eigenvalue weighted by Crippen LogP contribution is -2.49. The Balaban J connectivity index is 2.76. The van der Waals surface area contributed by atoms with Crippen LogP contribution >= 0.6 is 0 Å². The van der Waals surface area contributed by atoms with Gasteiger partial charge in [0.1, 0.15) is 0 Å². The first kappa shape index (κ1) is 19.0. The molecule has 0 amide bonds. The lowest BCUT2D eigenvalue weighted by atomic mass is 9.60. The predicted octanol–water partition coefficient (Wildman–Crippen LogP) is 4.88. The minimum absolute atomic E-state index is 0.195. The molecule has 0 aromatic heterocycles. The fourth-order valence-electron chi connectivity index (χ4n) is 3.77. The Morgan fingerprint density at radius 2 is 1.62 bits per heavy atom. The fourth-order valence-corrected chi connectivity index (χ4v) is 3.77. The van der Waals surface area contributed by atoms with Crippen molar-refractivity contribution in [3.05, 3.63) is 0 Å². The molecule has 1 aliphatic carbocycles. The molecule has 0 heterocycles. The molecule has 0 aromatic rings. The Morgan fingerprint density at radius 3 is 2.00 bits per heavy atom. The van der Waals surface area contributed by atoms with Crippen LogP contribution in [0.1, 0.15) is 74.1 Å². The summed E-state index contributed by atoms with van der Waals surface area (Å²) in [6.45, 7) is 18.4. The average Bonchev–Trinajstić information content (AvgIpc) is 2.35. The highest BCUT2D eigenvalue weighted by Gasteiger charge is 2.42. The molecule has 126 valence electrons. The van der Waals surface area contributed by atoms with Gasteiger partial charge in [0.2, 0.25) is 0 Å². The Hall–Kier alpha value is -0.0800. The van der Waals surface area contributed by atoms with Crippen LogP contribution in [0.15, 0.2) is 0 Å². The summed E-state index contributed by atoms with van der Waals surface area (Å²) in [4.78, 5) is 0. The molecule has 1 aliphatic rings. The van der Waals surface area contributed by atoms with Crippen LogP contribution in [0.4, 0.5) is 0 Å². The second-order valence-corrected chi connectivity index (χ2v) is 9.46. The van der Waals surface area contributed by atoms with E-state index in [0.717, 1.165) is 19.1 Å². The zero-order chi connectivity index (χ0) is 16.3. The van der Waals surface area contributed by atoms with Crippen LogP contribution in [-0.4, -0.2) is 25.8 Å². The molecular formula is C19H39NO. The van der Waals surface area contributed by atoms with Gasteiger partial charge in [-0.2, -0.15) is 0 Å². The molecule has 21 heavy (non-hydrogen) atoms. The fraction of sp³-hybridized carbons (Fsp3) is 1.00. The summed E-state index contributed by atoms with van der Waals surface area (Å²) < 4.78 is 5.48. The number of methoxy groups -OCH3 is 1. The van der Waals surface area contributed by atoms with Gasteiger partial charge in [0.05, 0.1) is 0 Å². The maximum atomic E-state index is 5.48. The highest BCUT2D eigenvalue weighted by Crippen LogP contribution is 2.48. The monoisotopic (exact) mass is 297 g/mol. The molecule has 1 rings (SSSR count). The van der Waals surface area contributed by atoms with Crippen molar-refractivity contribution >= 4 is 0 Å². The minimum Gasteiger partial charge on any atom is -0.384 e. The van der Waals surface area contributed by atoms with Gasteiger partial charge < -0.3 is 10.1 Å². The lowest BCUT2D eigenvalue weighted by Gasteiger charge is -2.48. The lowest BCUT2D eigenvalue weighted by molar-refractivity contribution is 0.00594. The minimum atomic E-state index is 0.195. The van der Waals surface area contributed by atoms with E-state index in [0.29, 0.717) is 16.7 Å². The maximum Gasteiger partial charge on any atom is 0.0493 e. The van der Waals surface area contributed by atoms with E-state index >= 15 is 0 Å². The molecule has 0 aliphatic heterocycles. The van der Waals surface area contributed by atoms with E-state index in [1.165, 1.54) is 25.7 Å². The molecule has 0 bridgehead atoms. The molecular weight excluding hydrogens is 258 g/mol. The molecule has 0 aromatic carbocycles. The second kappa shape index (κ2) is 7.00. The van der Waals surface area contributed by atoms with Gasteiger partial charge in [-0.1, -0.05) is 27.7 Å². The van der Waals surface area contributed by atoms with Crippen LogP contribution in [0.3, 0.4) is 0 Å². The third kappa shape index (κ3) is 5.56. The van der Waals surface area contributed by atoms with Crippen molar-refractivity contribution in [3.8, 4) is 0 Å². The van der Waals surface area contributed by atoms with Crippen LogP contribution in [0.2, 0.25) is 0 Å². The van der Waals surface area contributed by atoms with Gasteiger partial charge in [-0.15, -0.1) is 0 Å². The first-order valence-electron chi connectivity index (χ1n) is 8.74. The number of rotatable bonds is 5. The van der Waals surface area contributed by atoms with Gasteiger partial charge in [0.15, 0.2) is 0 Å². The van der Waals surface area contributed by atoms with Crippen molar-refractivity contribution in [3.63, 3.8) is 0 Å². The van der Waals surface area contributed by atoms with E-state index in [-0.39, 0.29) is 5.54 Å². The largest absolute Gasteiger partial charge is 0.384 e. The van der Waals surface area contributed by atoms with Crippen molar-refractivity contribution in [2.24, 2.45) is 22.7 Å². The van der Waals surface area contributed by atoms with E-state index in [2.05, 4.69) is 53.8 Å². The highest BCUT2D eigenvalue weighted by molar-refractivity contribution is 4.94. The van der Waals surface area contributed by atoms with Gasteiger partial charge in [-0.3, -0.25) is 0 Å². The SMILES string of the molecule is COCC(C)C1(CNC(C)(C)C)CCC(C(C)(C)C)CC1. The van der Waals surface area contributed by atoms with Crippen LogP contribution in [0.5, 0.6) is 0 Å². The smallest absolute Gasteiger partial charge is 0.0493 e. The Morgan fingerprint density at radius 1 is 1.10 bits per heavy atom. The number of hydrogen-bond donors (Lipinski definition) is 1. The molecule has 1 fully saturated rings. The van der Waals surface area contributed by atoms with Crippen LogP contribution in [0, 0.1) is 22.7 Å². The van der Waals surface area contributed by atoms with Crippen LogP contribution in [-0.2, 0) is 4.74 Å². The van der Waals surface area contributed by atoms with Gasteiger partial charge >= 0.3 is 0 Å². The Bertz CT molecular complexity index is 303. The van der Waals surface area contributed by atoms with Crippen molar-refractivity contribution in [2.45, 2.75) is 79.7 Å². The summed E-state index contributed by atoms with van der Waals surface area (Å²) in [6, 6.07) is 0. The molecule has 0 spiro atoms. The first-order chi connectivity index (χ1) is 9.50. The van der Waals surface area contributed by atoms with E-state index in [1.54, 1.807) is 0 Å². The molecule has 1 saturated carbocycles. The standard InChI is InChI=1S/C19H39NO/c1-15(13-21-8)19(14-20-18(5,6)7)11-9-16(10-12-19)17(2,3)4/h15-16,20H,9-14H2,1-8H3. The van der Waals surface area contributed by atoms with Crippen LogP contribution in [0.25, 0.3) is 0 Å². The molecule has 1 N–H and O–H groups in total. The predicted molar refractivity (Wildman–Crippen MR) is 92.6 cm³/mol. The van der Waals surface area contributed by atoms with E-state index in [4.69, 9.17) is 4.74 Å². The highest BCUT2D eigenvalue weighted by atomic mass is 16.5. The summed E-state index contributed by atoms with van der Waals surface area (Å²) in [6.07, 6.45) is 5.40. The van der Waals surface area contributed by atoms with Gasteiger partial charge in [-0.05, 0) is 69.1 Å². The quantitative estimate of drug-likeness (QED) is 0.781. The van der Waals surface area contributed by atoms with Gasteiger partial charge in [0.25, 0.3) is 0 Å². The third-order valence-electron chi connectivity index (χ3n) is 5.64. The zero-order valence-electron chi connectivity index (χ0n) is 15.8. The third-order valence-corrected chi connectivity index (χ3v) is 5.64.